The monoisotopic (exact) mass is 531 g/mol. The molecule has 9 nitrogen and oxygen atoms in total. The number of carbonyl (C=O) groups excluding carboxylic acids is 2. The number of carbonyl (C=O) groups is 2. The summed E-state index contributed by atoms with van der Waals surface area (Å²) in [7, 11) is 1.60. The Kier molecular flexibility index (Phi) is 13.3. The van der Waals surface area contributed by atoms with Crippen LogP contribution in [0.1, 0.15) is 52.7 Å². The van der Waals surface area contributed by atoms with Crippen LogP contribution in [-0.2, 0) is 20.9 Å². The molecule has 0 aliphatic rings. The summed E-state index contributed by atoms with van der Waals surface area (Å²) in [5.74, 6) is 0.694. The van der Waals surface area contributed by atoms with Crippen LogP contribution >= 0.6 is 0 Å². The molecular formula is C29H45N3O6. The van der Waals surface area contributed by atoms with Gasteiger partial charge in [-0.3, -0.25) is 9.59 Å². The lowest BCUT2D eigenvalue weighted by atomic mass is 9.82. The molecule has 5 N–H and O–H groups in total. The van der Waals surface area contributed by atoms with Gasteiger partial charge in [0.15, 0.2) is 0 Å². The second-order valence-corrected chi connectivity index (χ2v) is 10.4. The minimum absolute atomic E-state index is 0.0197. The third-order valence-electron chi connectivity index (χ3n) is 6.82. The van der Waals surface area contributed by atoms with E-state index in [0.29, 0.717) is 43.4 Å². The van der Waals surface area contributed by atoms with Crippen LogP contribution in [0.5, 0.6) is 5.75 Å². The van der Waals surface area contributed by atoms with E-state index in [1.807, 2.05) is 39.8 Å². The molecular weight excluding hydrogens is 486 g/mol. The average molecular weight is 532 g/mol. The summed E-state index contributed by atoms with van der Waals surface area (Å²) in [5, 5.41) is 16.8. The van der Waals surface area contributed by atoms with Gasteiger partial charge >= 0.3 is 0 Å². The van der Waals surface area contributed by atoms with Crippen molar-refractivity contribution < 1.29 is 28.6 Å². The molecule has 0 aliphatic heterocycles. The minimum atomic E-state index is -0.879. The Morgan fingerprint density at radius 3 is 2.39 bits per heavy atom. The molecule has 2 aromatic rings. The summed E-state index contributed by atoms with van der Waals surface area (Å²) < 4.78 is 16.0. The van der Waals surface area contributed by atoms with Gasteiger partial charge in [-0.2, -0.15) is 0 Å². The highest BCUT2D eigenvalue weighted by Gasteiger charge is 2.30. The van der Waals surface area contributed by atoms with Crippen molar-refractivity contribution >= 4 is 17.5 Å². The highest BCUT2D eigenvalue weighted by molar-refractivity contribution is 5.92. The van der Waals surface area contributed by atoms with E-state index in [0.717, 1.165) is 0 Å². The quantitative estimate of drug-likeness (QED) is 0.227. The average Bonchev–Trinajstić information content (AvgIpc) is 3.40. The number of nitrogens with two attached hydrogens (primary N) is 1. The van der Waals surface area contributed by atoms with Crippen molar-refractivity contribution in [3.63, 3.8) is 0 Å². The Bertz CT molecular complexity index is 963. The van der Waals surface area contributed by atoms with Crippen LogP contribution in [0.25, 0.3) is 0 Å². The van der Waals surface area contributed by atoms with Crippen molar-refractivity contribution in [3.05, 3.63) is 48.4 Å². The normalized spacial score (nSPS) is 14.7. The lowest BCUT2D eigenvalue weighted by molar-refractivity contribution is -0.128. The van der Waals surface area contributed by atoms with E-state index in [-0.39, 0.29) is 42.4 Å². The number of amides is 2. The molecule has 1 aromatic carbocycles. The Hall–Kier alpha value is -2.88. The van der Waals surface area contributed by atoms with E-state index in [1.165, 1.54) is 0 Å². The Balaban J connectivity index is 1.93. The highest BCUT2D eigenvalue weighted by atomic mass is 16.5. The van der Waals surface area contributed by atoms with Crippen molar-refractivity contribution in [2.75, 3.05) is 25.6 Å². The largest absolute Gasteiger partial charge is 0.489 e. The number of hydrogen-bond acceptors (Lipinski definition) is 7. The van der Waals surface area contributed by atoms with Crippen LogP contribution in [-0.4, -0.2) is 49.4 Å². The SMILES string of the molecule is COCCOc1ccccc1NC(=O)C[C@@H](C[C@H](N)[C@@H](O)C[C@H](C(=O)NCc1ccco1)C(C)C)C(C)C. The van der Waals surface area contributed by atoms with E-state index in [1.54, 1.807) is 37.6 Å². The predicted octanol–water partition coefficient (Wildman–Crippen LogP) is 3.96. The molecule has 0 fully saturated rings. The third-order valence-corrected chi connectivity index (χ3v) is 6.82. The summed E-state index contributed by atoms with van der Waals surface area (Å²) >= 11 is 0. The van der Waals surface area contributed by atoms with Crippen molar-refractivity contribution in [2.45, 2.75) is 65.6 Å². The summed E-state index contributed by atoms with van der Waals surface area (Å²) in [4.78, 5) is 25.8. The van der Waals surface area contributed by atoms with E-state index in [4.69, 9.17) is 19.6 Å². The van der Waals surface area contributed by atoms with Crippen LogP contribution in [0, 0.1) is 23.7 Å². The number of hydrogen-bond donors (Lipinski definition) is 4. The van der Waals surface area contributed by atoms with Crippen LogP contribution in [0.2, 0.25) is 0 Å². The second kappa shape index (κ2) is 16.2. The summed E-state index contributed by atoms with van der Waals surface area (Å²) in [5.41, 5.74) is 7.01. The number of aliphatic hydroxyl groups excluding tert-OH is 1. The molecule has 212 valence electrons. The zero-order chi connectivity index (χ0) is 28.1. The highest BCUT2D eigenvalue weighted by Crippen LogP contribution is 2.28. The van der Waals surface area contributed by atoms with Crippen molar-refractivity contribution in [1.82, 2.24) is 5.32 Å². The maximum atomic E-state index is 12.9. The summed E-state index contributed by atoms with van der Waals surface area (Å²) in [6.07, 6.45) is 1.63. The zero-order valence-electron chi connectivity index (χ0n) is 23.3. The van der Waals surface area contributed by atoms with Crippen LogP contribution in [0.3, 0.4) is 0 Å². The fourth-order valence-electron chi connectivity index (χ4n) is 4.30. The van der Waals surface area contributed by atoms with Gasteiger partial charge < -0.3 is 35.4 Å². The van der Waals surface area contributed by atoms with Crippen molar-refractivity contribution in [1.29, 1.82) is 0 Å². The van der Waals surface area contributed by atoms with Crippen molar-refractivity contribution in [2.24, 2.45) is 29.4 Å². The number of ether oxygens (including phenoxy) is 2. The molecule has 0 bridgehead atoms. The van der Waals surface area contributed by atoms with Crippen LogP contribution < -0.4 is 21.1 Å². The molecule has 9 heteroatoms. The molecule has 38 heavy (non-hydrogen) atoms. The maximum Gasteiger partial charge on any atom is 0.224 e. The van der Waals surface area contributed by atoms with E-state index in [2.05, 4.69) is 10.6 Å². The molecule has 0 radical (unpaired) electrons. The zero-order valence-corrected chi connectivity index (χ0v) is 23.3. The Morgan fingerprint density at radius 2 is 1.76 bits per heavy atom. The number of aliphatic hydroxyl groups is 1. The van der Waals surface area contributed by atoms with Crippen molar-refractivity contribution in [3.8, 4) is 5.75 Å². The number of rotatable bonds is 17. The standard InChI is InChI=1S/C29H45N3O6/c1-19(2)21(16-28(34)32-25-10-6-7-11-27(25)38-14-13-36-5)15-24(30)26(33)17-23(20(3)4)29(35)31-18-22-9-8-12-37-22/h6-12,19-21,23-24,26,33H,13-18,30H2,1-5H3,(H,31,35)(H,32,34)/t21-,23+,24+,26+/m1/s1. The molecule has 0 spiro atoms. The van der Waals surface area contributed by atoms with Gasteiger partial charge in [0.25, 0.3) is 0 Å². The summed E-state index contributed by atoms with van der Waals surface area (Å²) in [6, 6.07) is 10.3. The van der Waals surface area contributed by atoms with Gasteiger partial charge in [0.05, 0.1) is 31.2 Å². The molecule has 2 rings (SSSR count). The van der Waals surface area contributed by atoms with Gasteiger partial charge in [0, 0.05) is 25.5 Å². The number of furan rings is 1. The van der Waals surface area contributed by atoms with Crippen LogP contribution in [0.15, 0.2) is 47.1 Å². The third kappa shape index (κ3) is 10.5. The van der Waals surface area contributed by atoms with Gasteiger partial charge in [0.1, 0.15) is 18.1 Å². The number of anilines is 1. The fraction of sp³-hybridized carbons (Fsp3) is 0.586. The minimum Gasteiger partial charge on any atom is -0.489 e. The Labute approximate surface area is 226 Å². The maximum absolute atomic E-state index is 12.9. The molecule has 4 atom stereocenters. The first kappa shape index (κ1) is 31.3. The molecule has 1 aromatic heterocycles. The molecule has 2 amide bonds. The van der Waals surface area contributed by atoms with E-state index >= 15 is 0 Å². The molecule has 0 saturated carbocycles. The van der Waals surface area contributed by atoms with Gasteiger partial charge in [0.2, 0.25) is 11.8 Å². The number of nitrogens with one attached hydrogen (secondary N) is 2. The van der Waals surface area contributed by atoms with Gasteiger partial charge in [-0.05, 0) is 54.9 Å². The first-order valence-corrected chi connectivity index (χ1v) is 13.4. The second-order valence-electron chi connectivity index (χ2n) is 10.4. The number of benzene rings is 1. The molecule has 0 unspecified atom stereocenters. The smallest absolute Gasteiger partial charge is 0.224 e. The first-order chi connectivity index (χ1) is 18.1. The predicted molar refractivity (Wildman–Crippen MR) is 147 cm³/mol. The first-order valence-electron chi connectivity index (χ1n) is 13.4. The lowest BCUT2D eigenvalue weighted by Gasteiger charge is -2.29. The van der Waals surface area contributed by atoms with Gasteiger partial charge in [-0.1, -0.05) is 39.8 Å². The topological polar surface area (TPSA) is 136 Å². The molecule has 1 heterocycles. The number of methoxy groups -OCH3 is 1. The summed E-state index contributed by atoms with van der Waals surface area (Å²) in [6.45, 7) is 9.10. The van der Waals surface area contributed by atoms with E-state index < -0.39 is 18.1 Å². The lowest BCUT2D eigenvalue weighted by Crippen LogP contribution is -2.42. The van der Waals surface area contributed by atoms with Gasteiger partial charge in [-0.25, -0.2) is 0 Å². The number of para-hydroxylation sites is 2. The fourth-order valence-corrected chi connectivity index (χ4v) is 4.30. The Morgan fingerprint density at radius 1 is 1.03 bits per heavy atom. The van der Waals surface area contributed by atoms with Crippen LogP contribution in [0.4, 0.5) is 5.69 Å². The molecule has 0 aliphatic carbocycles. The van der Waals surface area contributed by atoms with Gasteiger partial charge in [-0.15, -0.1) is 0 Å². The molecule has 0 saturated heterocycles. The van der Waals surface area contributed by atoms with E-state index in [9.17, 15) is 14.7 Å².